The van der Waals surface area contributed by atoms with E-state index in [4.69, 9.17) is 33.0 Å². The Labute approximate surface area is 168 Å². The van der Waals surface area contributed by atoms with Crippen molar-refractivity contribution in [1.82, 2.24) is 0 Å². The van der Waals surface area contributed by atoms with E-state index < -0.39 is 0 Å². The Bertz CT molecular complexity index is 986. The van der Waals surface area contributed by atoms with Crippen molar-refractivity contribution in [1.29, 1.82) is 0 Å². The van der Waals surface area contributed by atoms with Gasteiger partial charge in [-0.3, -0.25) is 5.01 Å². The van der Waals surface area contributed by atoms with Crippen molar-refractivity contribution in [2.24, 2.45) is 5.10 Å². The Balaban J connectivity index is 1.80. The van der Waals surface area contributed by atoms with Gasteiger partial charge in [-0.2, -0.15) is 5.10 Å². The molecule has 1 aliphatic rings. The Hall–Kier alpha value is -2.49. The lowest BCUT2D eigenvalue weighted by atomic mass is 9.97. The van der Waals surface area contributed by atoms with Crippen LogP contribution in [0.4, 0.5) is 5.69 Å². The molecular formula is C22H18Cl2N2O. The minimum absolute atomic E-state index is 0.00766. The van der Waals surface area contributed by atoms with Crippen LogP contribution in [0.3, 0.4) is 0 Å². The summed E-state index contributed by atoms with van der Waals surface area (Å²) in [6.07, 6.45) is 0.743. The van der Waals surface area contributed by atoms with Crippen molar-refractivity contribution < 1.29 is 4.74 Å². The predicted octanol–water partition coefficient (Wildman–Crippen LogP) is 6.36. The molecule has 27 heavy (non-hydrogen) atoms. The van der Waals surface area contributed by atoms with E-state index in [-0.39, 0.29) is 6.04 Å². The molecule has 136 valence electrons. The van der Waals surface area contributed by atoms with Gasteiger partial charge in [-0.05, 0) is 35.9 Å². The van der Waals surface area contributed by atoms with E-state index in [2.05, 4.69) is 6.07 Å². The van der Waals surface area contributed by atoms with Crippen LogP contribution in [-0.4, -0.2) is 12.8 Å². The van der Waals surface area contributed by atoms with Gasteiger partial charge in [0, 0.05) is 17.0 Å². The molecule has 0 bridgehead atoms. The van der Waals surface area contributed by atoms with Crippen molar-refractivity contribution in [3.8, 4) is 5.75 Å². The second-order valence-electron chi connectivity index (χ2n) is 6.31. The lowest BCUT2D eigenvalue weighted by molar-refractivity contribution is 0.405. The van der Waals surface area contributed by atoms with Crippen molar-refractivity contribution in [2.45, 2.75) is 12.5 Å². The number of nitrogens with zero attached hydrogens (tertiary/aromatic N) is 2. The number of rotatable bonds is 4. The van der Waals surface area contributed by atoms with Gasteiger partial charge >= 0.3 is 0 Å². The normalized spacial score (nSPS) is 16.3. The fraction of sp³-hybridized carbons (Fsp3) is 0.136. The minimum atomic E-state index is -0.00766. The van der Waals surface area contributed by atoms with E-state index in [0.717, 1.165) is 34.7 Å². The highest BCUT2D eigenvalue weighted by atomic mass is 35.5. The van der Waals surface area contributed by atoms with Gasteiger partial charge in [-0.25, -0.2) is 0 Å². The number of methoxy groups -OCH3 is 1. The zero-order valence-electron chi connectivity index (χ0n) is 14.8. The highest BCUT2D eigenvalue weighted by Gasteiger charge is 2.32. The van der Waals surface area contributed by atoms with Crippen LogP contribution in [0, 0.1) is 0 Å². The third-order valence-corrected chi connectivity index (χ3v) is 5.26. The molecule has 0 amide bonds. The molecule has 1 heterocycles. The molecule has 1 unspecified atom stereocenters. The number of anilines is 1. The van der Waals surface area contributed by atoms with Crippen LogP contribution in [0.25, 0.3) is 0 Å². The molecule has 0 saturated carbocycles. The largest absolute Gasteiger partial charge is 0.496 e. The topological polar surface area (TPSA) is 24.8 Å². The SMILES string of the molecule is COc1ccccc1C1CC(c2ccc(Cl)cc2)=NN1c1ccccc1Cl. The number of halogens is 2. The Morgan fingerprint density at radius 1 is 0.926 bits per heavy atom. The summed E-state index contributed by atoms with van der Waals surface area (Å²) in [5, 5.41) is 8.28. The van der Waals surface area contributed by atoms with Crippen molar-refractivity contribution >= 4 is 34.6 Å². The van der Waals surface area contributed by atoms with Crippen LogP contribution in [0.2, 0.25) is 10.0 Å². The molecule has 0 fully saturated rings. The van der Waals surface area contributed by atoms with Gasteiger partial charge in [0.2, 0.25) is 0 Å². The second-order valence-corrected chi connectivity index (χ2v) is 7.16. The van der Waals surface area contributed by atoms with Crippen molar-refractivity contribution in [3.05, 3.63) is 94.0 Å². The quantitative estimate of drug-likeness (QED) is 0.512. The first kappa shape index (κ1) is 17.9. The molecule has 1 aliphatic heterocycles. The standard InChI is InChI=1S/C22H18Cl2N2O/c1-27-22-9-5-2-6-17(22)21-14-19(15-10-12-16(23)13-11-15)25-26(21)20-8-4-3-7-18(20)24/h2-13,21H,14H2,1H3. The molecule has 0 radical (unpaired) electrons. The highest BCUT2D eigenvalue weighted by Crippen LogP contribution is 2.42. The van der Waals surface area contributed by atoms with Gasteiger partial charge in [0.15, 0.2) is 0 Å². The van der Waals surface area contributed by atoms with Crippen molar-refractivity contribution in [2.75, 3.05) is 12.1 Å². The third kappa shape index (κ3) is 3.53. The van der Waals surface area contributed by atoms with E-state index >= 15 is 0 Å². The van der Waals surface area contributed by atoms with E-state index in [0.29, 0.717) is 10.0 Å². The zero-order chi connectivity index (χ0) is 18.8. The third-order valence-electron chi connectivity index (χ3n) is 4.69. The first-order valence-electron chi connectivity index (χ1n) is 8.67. The van der Waals surface area contributed by atoms with E-state index in [1.165, 1.54) is 0 Å². The molecule has 0 saturated heterocycles. The average Bonchev–Trinajstić information content (AvgIpc) is 3.13. The second kappa shape index (κ2) is 7.63. The van der Waals surface area contributed by atoms with E-state index in [9.17, 15) is 0 Å². The summed E-state index contributed by atoms with van der Waals surface area (Å²) in [5.41, 5.74) is 3.99. The molecule has 5 heteroatoms. The van der Waals surface area contributed by atoms with Crippen LogP contribution >= 0.6 is 23.2 Å². The van der Waals surface area contributed by atoms with Gasteiger partial charge in [0.25, 0.3) is 0 Å². The van der Waals surface area contributed by atoms with Gasteiger partial charge in [-0.15, -0.1) is 0 Å². The molecule has 0 aromatic heterocycles. The summed E-state index contributed by atoms with van der Waals surface area (Å²) in [5.74, 6) is 0.840. The smallest absolute Gasteiger partial charge is 0.124 e. The summed E-state index contributed by atoms with van der Waals surface area (Å²) in [6, 6.07) is 23.5. The summed E-state index contributed by atoms with van der Waals surface area (Å²) in [6.45, 7) is 0. The lowest BCUT2D eigenvalue weighted by Gasteiger charge is -2.26. The van der Waals surface area contributed by atoms with E-state index in [1.807, 2.05) is 71.7 Å². The summed E-state index contributed by atoms with van der Waals surface area (Å²) < 4.78 is 5.60. The fourth-order valence-electron chi connectivity index (χ4n) is 3.37. The number of hydrogen-bond donors (Lipinski definition) is 0. The van der Waals surface area contributed by atoms with Gasteiger partial charge < -0.3 is 4.74 Å². The summed E-state index contributed by atoms with van der Waals surface area (Å²) in [7, 11) is 1.69. The molecule has 0 aliphatic carbocycles. The summed E-state index contributed by atoms with van der Waals surface area (Å²) >= 11 is 12.5. The molecule has 0 spiro atoms. The molecule has 3 aromatic rings. The highest BCUT2D eigenvalue weighted by molar-refractivity contribution is 6.33. The maximum atomic E-state index is 6.49. The minimum Gasteiger partial charge on any atom is -0.496 e. The number of hydrazone groups is 1. The first-order chi connectivity index (χ1) is 13.2. The van der Waals surface area contributed by atoms with Crippen LogP contribution in [-0.2, 0) is 0 Å². The lowest BCUT2D eigenvalue weighted by Crippen LogP contribution is -2.19. The fourth-order valence-corrected chi connectivity index (χ4v) is 3.72. The van der Waals surface area contributed by atoms with Crippen LogP contribution in [0.1, 0.15) is 23.6 Å². The average molecular weight is 397 g/mol. The number of ether oxygens (including phenoxy) is 1. The Morgan fingerprint density at radius 3 is 2.37 bits per heavy atom. The van der Waals surface area contributed by atoms with Crippen LogP contribution in [0.15, 0.2) is 77.9 Å². The van der Waals surface area contributed by atoms with Crippen LogP contribution < -0.4 is 9.75 Å². The van der Waals surface area contributed by atoms with Crippen molar-refractivity contribution in [3.63, 3.8) is 0 Å². The van der Waals surface area contributed by atoms with Gasteiger partial charge in [0.1, 0.15) is 5.75 Å². The molecule has 4 rings (SSSR count). The molecule has 3 aromatic carbocycles. The Kier molecular flexibility index (Phi) is 5.06. The van der Waals surface area contributed by atoms with Gasteiger partial charge in [0.05, 0.1) is 29.6 Å². The predicted molar refractivity (Wildman–Crippen MR) is 112 cm³/mol. The molecular weight excluding hydrogens is 379 g/mol. The number of benzene rings is 3. The van der Waals surface area contributed by atoms with E-state index in [1.54, 1.807) is 7.11 Å². The Morgan fingerprint density at radius 2 is 1.63 bits per heavy atom. The number of para-hydroxylation sites is 2. The molecule has 3 nitrogen and oxygen atoms in total. The number of hydrogen-bond acceptors (Lipinski definition) is 3. The van der Waals surface area contributed by atoms with Gasteiger partial charge in [-0.1, -0.05) is 65.7 Å². The monoisotopic (exact) mass is 396 g/mol. The maximum Gasteiger partial charge on any atom is 0.124 e. The zero-order valence-corrected chi connectivity index (χ0v) is 16.3. The first-order valence-corrected chi connectivity index (χ1v) is 9.43. The maximum absolute atomic E-state index is 6.49. The van der Waals surface area contributed by atoms with Crippen LogP contribution in [0.5, 0.6) is 5.75 Å². The summed E-state index contributed by atoms with van der Waals surface area (Å²) in [4.78, 5) is 0. The molecule has 1 atom stereocenters. The molecule has 0 N–H and O–H groups in total.